The number of fused-ring (bicyclic) bond motifs is 1. The van der Waals surface area contributed by atoms with Crippen molar-refractivity contribution in [2.75, 3.05) is 20.2 Å². The second-order valence-electron chi connectivity index (χ2n) is 8.63. The minimum absolute atomic E-state index is 0.00214. The first kappa shape index (κ1) is 19.9. The Kier molecular flexibility index (Phi) is 5.06. The number of aromatic nitrogens is 2. The second kappa shape index (κ2) is 7.89. The summed E-state index contributed by atoms with van der Waals surface area (Å²) in [7, 11) is 1.63. The summed E-state index contributed by atoms with van der Waals surface area (Å²) in [6.07, 6.45) is 7.93. The van der Waals surface area contributed by atoms with Crippen LogP contribution in [0.4, 0.5) is 0 Å². The first-order valence-electron chi connectivity index (χ1n) is 10.8. The fraction of sp³-hybridized carbons (Fsp3) is 0.417. The third-order valence-corrected chi connectivity index (χ3v) is 6.81. The van der Waals surface area contributed by atoms with Crippen molar-refractivity contribution in [3.8, 4) is 5.75 Å². The molecular weight excluding hydrogens is 394 g/mol. The maximum Gasteiger partial charge on any atom is 0.289 e. The van der Waals surface area contributed by atoms with Gasteiger partial charge in [-0.15, -0.1) is 0 Å². The van der Waals surface area contributed by atoms with Crippen molar-refractivity contribution in [1.82, 2.24) is 14.5 Å². The van der Waals surface area contributed by atoms with Gasteiger partial charge in [0.25, 0.3) is 5.91 Å². The third-order valence-electron chi connectivity index (χ3n) is 6.81. The normalized spacial score (nSPS) is 25.4. The molecule has 7 nitrogen and oxygen atoms in total. The van der Waals surface area contributed by atoms with E-state index >= 15 is 0 Å². The first-order chi connectivity index (χ1) is 15.1. The van der Waals surface area contributed by atoms with E-state index in [1.165, 1.54) is 0 Å². The molecule has 0 spiro atoms. The van der Waals surface area contributed by atoms with E-state index in [1.807, 2.05) is 46.0 Å². The Morgan fingerprint density at radius 1 is 1.32 bits per heavy atom. The fourth-order valence-electron chi connectivity index (χ4n) is 5.23. The molecule has 0 radical (unpaired) electrons. The molecule has 1 aromatic carbocycles. The van der Waals surface area contributed by atoms with Gasteiger partial charge in [-0.25, -0.2) is 4.98 Å². The van der Waals surface area contributed by atoms with Gasteiger partial charge in [0.05, 0.1) is 25.6 Å². The van der Waals surface area contributed by atoms with E-state index in [1.54, 1.807) is 25.7 Å². The number of methoxy groups -OCH3 is 1. The Bertz CT molecular complexity index is 1060. The van der Waals surface area contributed by atoms with Crippen LogP contribution < -0.4 is 4.74 Å². The largest absolute Gasteiger partial charge is 0.497 e. The molecule has 2 aliphatic rings. The maximum atomic E-state index is 13.2. The highest BCUT2D eigenvalue weighted by Gasteiger charge is 2.51. The predicted molar refractivity (Wildman–Crippen MR) is 114 cm³/mol. The average Bonchev–Trinajstić information content (AvgIpc) is 3.55. The van der Waals surface area contributed by atoms with Gasteiger partial charge in [0.15, 0.2) is 5.76 Å². The molecule has 3 heterocycles. The quantitative estimate of drug-likeness (QED) is 0.684. The zero-order chi connectivity index (χ0) is 21.4. The maximum absolute atomic E-state index is 13.2. The summed E-state index contributed by atoms with van der Waals surface area (Å²) >= 11 is 0. The fourth-order valence-corrected chi connectivity index (χ4v) is 5.23. The summed E-state index contributed by atoms with van der Waals surface area (Å²) in [5.41, 5.74) is -0.0844. The molecule has 1 saturated heterocycles. The number of hydrogen-bond donors (Lipinski definition) is 1. The van der Waals surface area contributed by atoms with Crippen molar-refractivity contribution < 1.29 is 19.1 Å². The van der Waals surface area contributed by atoms with Gasteiger partial charge in [-0.05, 0) is 55.0 Å². The van der Waals surface area contributed by atoms with Crippen LogP contribution in [0.2, 0.25) is 0 Å². The van der Waals surface area contributed by atoms with E-state index in [0.717, 1.165) is 24.2 Å². The van der Waals surface area contributed by atoms with E-state index < -0.39 is 5.60 Å². The number of carbonyl (C=O) groups is 1. The van der Waals surface area contributed by atoms with Crippen molar-refractivity contribution in [3.63, 3.8) is 0 Å². The molecule has 1 saturated carbocycles. The Morgan fingerprint density at radius 2 is 2.23 bits per heavy atom. The topological polar surface area (TPSA) is 80.7 Å². The number of ether oxygens (including phenoxy) is 1. The number of amides is 1. The summed E-state index contributed by atoms with van der Waals surface area (Å²) in [6.45, 7) is 1.70. The molecule has 1 aliphatic carbocycles. The SMILES string of the molecule is COc1cccc(C2(O)CCCC3CN(C(=O)c4ccc(Cn5ccnc5)o4)CC32)c1. The van der Waals surface area contributed by atoms with Gasteiger partial charge in [0.2, 0.25) is 0 Å². The Morgan fingerprint density at radius 3 is 3.03 bits per heavy atom. The number of imidazole rings is 1. The van der Waals surface area contributed by atoms with E-state index in [-0.39, 0.29) is 17.7 Å². The lowest BCUT2D eigenvalue weighted by Crippen LogP contribution is -2.43. The van der Waals surface area contributed by atoms with Crippen LogP contribution in [-0.2, 0) is 12.1 Å². The van der Waals surface area contributed by atoms with Crippen LogP contribution in [0.5, 0.6) is 5.75 Å². The standard InChI is InChI=1S/C24H27N3O4/c1-30-19-6-2-5-18(12-19)24(29)9-3-4-17-13-27(15-21(17)24)23(28)22-8-7-20(31-22)14-26-11-10-25-16-26/h2,5-8,10-12,16-17,21,29H,3-4,9,13-15H2,1H3. The Balaban J connectivity index is 1.34. The molecule has 31 heavy (non-hydrogen) atoms. The summed E-state index contributed by atoms with van der Waals surface area (Å²) in [4.78, 5) is 19.0. The van der Waals surface area contributed by atoms with E-state index in [4.69, 9.17) is 9.15 Å². The Labute approximate surface area is 181 Å². The van der Waals surface area contributed by atoms with Crippen molar-refractivity contribution >= 4 is 5.91 Å². The zero-order valence-electron chi connectivity index (χ0n) is 17.6. The van der Waals surface area contributed by atoms with Crippen LogP contribution in [0.15, 0.2) is 59.5 Å². The molecule has 3 aromatic rings. The highest BCUT2D eigenvalue weighted by molar-refractivity contribution is 5.91. The first-order valence-corrected chi connectivity index (χ1v) is 10.8. The van der Waals surface area contributed by atoms with Gasteiger partial charge in [-0.2, -0.15) is 0 Å². The monoisotopic (exact) mass is 421 g/mol. The van der Waals surface area contributed by atoms with E-state index in [9.17, 15) is 9.90 Å². The van der Waals surface area contributed by atoms with Crippen LogP contribution in [0, 0.1) is 11.8 Å². The third kappa shape index (κ3) is 3.63. The number of likely N-dealkylation sites (tertiary alicyclic amines) is 1. The number of nitrogens with zero attached hydrogens (tertiary/aromatic N) is 3. The number of rotatable bonds is 5. The minimum Gasteiger partial charge on any atom is -0.497 e. The molecule has 162 valence electrons. The smallest absolute Gasteiger partial charge is 0.289 e. The van der Waals surface area contributed by atoms with Gasteiger partial charge in [0, 0.05) is 31.4 Å². The van der Waals surface area contributed by atoms with Crippen molar-refractivity contribution in [2.45, 2.75) is 31.4 Å². The predicted octanol–water partition coefficient (Wildman–Crippen LogP) is 3.29. The summed E-state index contributed by atoms with van der Waals surface area (Å²) in [5.74, 6) is 1.95. The molecule has 3 atom stereocenters. The highest BCUT2D eigenvalue weighted by atomic mass is 16.5. The van der Waals surface area contributed by atoms with Crippen molar-refractivity contribution in [2.24, 2.45) is 11.8 Å². The molecule has 3 unspecified atom stereocenters. The van der Waals surface area contributed by atoms with Gasteiger partial charge in [0.1, 0.15) is 11.5 Å². The highest BCUT2D eigenvalue weighted by Crippen LogP contribution is 2.48. The molecule has 7 heteroatoms. The van der Waals surface area contributed by atoms with Gasteiger partial charge < -0.3 is 23.7 Å². The molecular formula is C24H27N3O4. The van der Waals surface area contributed by atoms with E-state index in [2.05, 4.69) is 4.98 Å². The lowest BCUT2D eigenvalue weighted by atomic mass is 9.67. The summed E-state index contributed by atoms with van der Waals surface area (Å²) < 4.78 is 13.1. The van der Waals surface area contributed by atoms with Crippen LogP contribution in [0.1, 0.15) is 41.1 Å². The number of aliphatic hydroxyl groups is 1. The van der Waals surface area contributed by atoms with Crippen LogP contribution in [0.3, 0.4) is 0 Å². The van der Waals surface area contributed by atoms with Crippen LogP contribution in [0.25, 0.3) is 0 Å². The zero-order valence-corrected chi connectivity index (χ0v) is 17.6. The van der Waals surface area contributed by atoms with E-state index in [0.29, 0.717) is 37.6 Å². The Hall–Kier alpha value is -3.06. The van der Waals surface area contributed by atoms with Gasteiger partial charge >= 0.3 is 0 Å². The molecule has 0 bridgehead atoms. The van der Waals surface area contributed by atoms with Gasteiger partial charge in [-0.3, -0.25) is 4.79 Å². The minimum atomic E-state index is -0.956. The second-order valence-corrected chi connectivity index (χ2v) is 8.63. The average molecular weight is 421 g/mol. The molecule has 5 rings (SSSR count). The van der Waals surface area contributed by atoms with Crippen LogP contribution >= 0.6 is 0 Å². The lowest BCUT2D eigenvalue weighted by molar-refractivity contribution is -0.0645. The van der Waals surface area contributed by atoms with Gasteiger partial charge in [-0.1, -0.05) is 12.1 Å². The number of carbonyl (C=O) groups excluding carboxylic acids is 1. The summed E-state index contributed by atoms with van der Waals surface area (Å²) in [6, 6.07) is 11.3. The molecule has 2 fully saturated rings. The lowest BCUT2D eigenvalue weighted by Gasteiger charge is -2.41. The molecule has 2 aromatic heterocycles. The van der Waals surface area contributed by atoms with Crippen molar-refractivity contribution in [1.29, 1.82) is 0 Å². The molecule has 1 amide bonds. The summed E-state index contributed by atoms with van der Waals surface area (Å²) in [5, 5.41) is 11.7. The van der Waals surface area contributed by atoms with Crippen LogP contribution in [-0.4, -0.2) is 45.7 Å². The van der Waals surface area contributed by atoms with Crippen molar-refractivity contribution in [3.05, 3.63) is 72.2 Å². The number of benzene rings is 1. The number of hydrogen-bond acceptors (Lipinski definition) is 5. The molecule has 1 N–H and O–H groups in total. The molecule has 1 aliphatic heterocycles. The number of furan rings is 1.